The quantitative estimate of drug-likeness (QED) is 0.783. The van der Waals surface area contributed by atoms with Crippen molar-refractivity contribution in [3.05, 3.63) is 35.9 Å². The van der Waals surface area contributed by atoms with Gasteiger partial charge in [-0.3, -0.25) is 4.79 Å². The molecule has 2 atom stereocenters. The van der Waals surface area contributed by atoms with Crippen molar-refractivity contribution in [2.45, 2.75) is 57.7 Å². The zero-order chi connectivity index (χ0) is 19.3. The van der Waals surface area contributed by atoms with Crippen LogP contribution in [-0.4, -0.2) is 52.2 Å². The summed E-state index contributed by atoms with van der Waals surface area (Å²) < 4.78 is 5.41. The average molecular weight is 362 g/mol. The first-order valence-corrected chi connectivity index (χ1v) is 8.74. The lowest BCUT2D eigenvalue weighted by Gasteiger charge is -2.30. The van der Waals surface area contributed by atoms with Gasteiger partial charge in [0, 0.05) is 13.0 Å². The van der Waals surface area contributed by atoms with E-state index in [-0.39, 0.29) is 6.42 Å². The summed E-state index contributed by atoms with van der Waals surface area (Å²) in [6.07, 6.45) is 0.156. The van der Waals surface area contributed by atoms with E-state index in [1.807, 2.05) is 30.3 Å². The molecule has 7 heteroatoms. The second-order valence-electron chi connectivity index (χ2n) is 7.41. The Morgan fingerprint density at radius 1 is 1.27 bits per heavy atom. The summed E-state index contributed by atoms with van der Waals surface area (Å²) in [5, 5.41) is 11.4. The molecule has 0 spiro atoms. The normalized spacial score (nSPS) is 18.3. The fourth-order valence-electron chi connectivity index (χ4n) is 3.04. The van der Waals surface area contributed by atoms with Crippen molar-refractivity contribution in [3.63, 3.8) is 0 Å². The Bertz CT molecular complexity index is 654. The first kappa shape index (κ1) is 19.8. The number of likely N-dealkylation sites (tertiary alicyclic amines) is 1. The highest BCUT2D eigenvalue weighted by Gasteiger charge is 2.39. The predicted octanol–water partition coefficient (Wildman–Crippen LogP) is 2.20. The average Bonchev–Trinajstić information content (AvgIpc) is 3.02. The van der Waals surface area contributed by atoms with Gasteiger partial charge in [0.05, 0.1) is 0 Å². The Hall–Kier alpha value is -2.57. The maximum absolute atomic E-state index is 13.0. The zero-order valence-electron chi connectivity index (χ0n) is 15.4. The number of carboxylic acid groups (broad SMARTS) is 1. The van der Waals surface area contributed by atoms with Crippen LogP contribution in [-0.2, 0) is 20.7 Å². The van der Waals surface area contributed by atoms with Gasteiger partial charge in [-0.25, -0.2) is 9.59 Å². The lowest BCUT2D eigenvalue weighted by Crippen LogP contribution is -2.53. The van der Waals surface area contributed by atoms with E-state index in [1.54, 1.807) is 20.8 Å². The van der Waals surface area contributed by atoms with Gasteiger partial charge >= 0.3 is 12.1 Å². The van der Waals surface area contributed by atoms with E-state index in [1.165, 1.54) is 4.90 Å². The van der Waals surface area contributed by atoms with E-state index in [9.17, 15) is 14.4 Å². The number of nitrogens with one attached hydrogen (secondary N) is 1. The van der Waals surface area contributed by atoms with E-state index >= 15 is 0 Å². The van der Waals surface area contributed by atoms with Crippen LogP contribution in [0, 0.1) is 0 Å². The van der Waals surface area contributed by atoms with Crippen molar-refractivity contribution < 1.29 is 24.2 Å². The molecular weight excluding hydrogens is 336 g/mol. The molecule has 2 amide bonds. The van der Waals surface area contributed by atoms with Gasteiger partial charge in [-0.1, -0.05) is 30.3 Å². The van der Waals surface area contributed by atoms with E-state index in [0.29, 0.717) is 19.4 Å². The van der Waals surface area contributed by atoms with Crippen molar-refractivity contribution >= 4 is 18.0 Å². The van der Waals surface area contributed by atoms with Crippen molar-refractivity contribution in [2.75, 3.05) is 6.54 Å². The van der Waals surface area contributed by atoms with Crippen molar-refractivity contribution in [1.29, 1.82) is 0 Å². The molecule has 0 aliphatic carbocycles. The number of rotatable bonds is 5. The molecule has 1 aliphatic heterocycles. The highest BCUT2D eigenvalue weighted by Crippen LogP contribution is 2.22. The third kappa shape index (κ3) is 5.47. The largest absolute Gasteiger partial charge is 0.465 e. The molecule has 0 unspecified atom stereocenters. The van der Waals surface area contributed by atoms with Gasteiger partial charge in [0.2, 0.25) is 5.91 Å². The Morgan fingerprint density at radius 3 is 2.50 bits per heavy atom. The van der Waals surface area contributed by atoms with Crippen molar-refractivity contribution in [3.8, 4) is 0 Å². The minimum absolute atomic E-state index is 0.226. The van der Waals surface area contributed by atoms with Crippen LogP contribution in [0.1, 0.15) is 39.2 Å². The van der Waals surface area contributed by atoms with E-state index in [2.05, 4.69) is 5.32 Å². The van der Waals surface area contributed by atoms with Crippen LogP contribution in [0.5, 0.6) is 0 Å². The van der Waals surface area contributed by atoms with Gasteiger partial charge in [0.25, 0.3) is 0 Å². The molecule has 142 valence electrons. The van der Waals surface area contributed by atoms with E-state index < -0.39 is 35.7 Å². The molecule has 0 saturated carbocycles. The summed E-state index contributed by atoms with van der Waals surface area (Å²) in [6, 6.07) is 7.56. The molecule has 1 saturated heterocycles. The molecule has 1 aromatic rings. The summed E-state index contributed by atoms with van der Waals surface area (Å²) in [5.74, 6) is -0.846. The fourth-order valence-corrected chi connectivity index (χ4v) is 3.04. The van der Waals surface area contributed by atoms with Crippen LogP contribution >= 0.6 is 0 Å². The van der Waals surface area contributed by atoms with Crippen LogP contribution < -0.4 is 5.32 Å². The van der Waals surface area contributed by atoms with Crippen LogP contribution in [0.3, 0.4) is 0 Å². The predicted molar refractivity (Wildman–Crippen MR) is 95.7 cm³/mol. The SMILES string of the molecule is CC(C)(C)OC(=O)[C@H]1CCCN1C(=O)[C@H](Cc1ccccc1)NC(=O)O. The lowest BCUT2D eigenvalue weighted by atomic mass is 10.0. The maximum atomic E-state index is 13.0. The third-order valence-corrected chi connectivity index (χ3v) is 4.09. The van der Waals surface area contributed by atoms with Gasteiger partial charge < -0.3 is 20.1 Å². The minimum Gasteiger partial charge on any atom is -0.465 e. The highest BCUT2D eigenvalue weighted by atomic mass is 16.6. The third-order valence-electron chi connectivity index (χ3n) is 4.09. The maximum Gasteiger partial charge on any atom is 0.405 e. The molecule has 1 aromatic carbocycles. The highest BCUT2D eigenvalue weighted by molar-refractivity contribution is 5.90. The number of hydrogen-bond acceptors (Lipinski definition) is 4. The number of carbonyl (C=O) groups is 3. The van der Waals surface area contributed by atoms with Gasteiger partial charge in [0.15, 0.2) is 0 Å². The van der Waals surface area contributed by atoms with Gasteiger partial charge in [-0.15, -0.1) is 0 Å². The molecule has 2 rings (SSSR count). The Balaban J connectivity index is 2.15. The monoisotopic (exact) mass is 362 g/mol. The lowest BCUT2D eigenvalue weighted by molar-refractivity contribution is -0.163. The number of esters is 1. The minimum atomic E-state index is -1.27. The van der Waals surface area contributed by atoms with Crippen LogP contribution in [0.4, 0.5) is 4.79 Å². The summed E-state index contributed by atoms with van der Waals surface area (Å²) in [6.45, 7) is 5.73. The Labute approximate surface area is 153 Å². The molecule has 7 nitrogen and oxygen atoms in total. The van der Waals surface area contributed by atoms with Crippen LogP contribution in [0.25, 0.3) is 0 Å². The topological polar surface area (TPSA) is 95.9 Å². The smallest absolute Gasteiger partial charge is 0.405 e. The number of ether oxygens (including phenoxy) is 1. The van der Waals surface area contributed by atoms with Gasteiger partial charge in [-0.05, 0) is 39.2 Å². The molecule has 0 aromatic heterocycles. The first-order chi connectivity index (χ1) is 12.2. The number of hydrogen-bond donors (Lipinski definition) is 2. The van der Waals surface area contributed by atoms with Gasteiger partial charge in [0.1, 0.15) is 17.7 Å². The molecule has 1 fully saturated rings. The summed E-state index contributed by atoms with van der Waals surface area (Å²) >= 11 is 0. The summed E-state index contributed by atoms with van der Waals surface area (Å²) in [7, 11) is 0. The van der Waals surface area contributed by atoms with Crippen LogP contribution in [0.2, 0.25) is 0 Å². The Kier molecular flexibility index (Phi) is 6.23. The second kappa shape index (κ2) is 8.21. The number of amides is 2. The van der Waals surface area contributed by atoms with E-state index in [4.69, 9.17) is 9.84 Å². The van der Waals surface area contributed by atoms with Gasteiger partial charge in [-0.2, -0.15) is 0 Å². The number of nitrogens with zero attached hydrogens (tertiary/aromatic N) is 1. The molecule has 26 heavy (non-hydrogen) atoms. The Morgan fingerprint density at radius 2 is 1.92 bits per heavy atom. The number of carbonyl (C=O) groups excluding carboxylic acids is 2. The summed E-state index contributed by atoms with van der Waals surface area (Å²) in [5.41, 5.74) is 0.199. The fraction of sp³-hybridized carbons (Fsp3) is 0.526. The molecule has 2 N–H and O–H groups in total. The van der Waals surface area contributed by atoms with Crippen molar-refractivity contribution in [2.24, 2.45) is 0 Å². The molecule has 1 aliphatic rings. The number of benzene rings is 1. The second-order valence-corrected chi connectivity index (χ2v) is 7.41. The van der Waals surface area contributed by atoms with Crippen LogP contribution in [0.15, 0.2) is 30.3 Å². The molecule has 0 bridgehead atoms. The standard InChI is InChI=1S/C19H26N2O5/c1-19(2,3)26-17(23)15-10-7-11-21(15)16(22)14(20-18(24)25)12-13-8-5-4-6-9-13/h4-6,8-9,14-15,20H,7,10-12H2,1-3H3,(H,24,25)/t14-,15+/m0/s1. The molecule has 1 heterocycles. The van der Waals surface area contributed by atoms with E-state index in [0.717, 1.165) is 5.56 Å². The molecular formula is C19H26N2O5. The summed E-state index contributed by atoms with van der Waals surface area (Å²) in [4.78, 5) is 38.0. The first-order valence-electron chi connectivity index (χ1n) is 8.74. The molecule has 0 radical (unpaired) electrons. The van der Waals surface area contributed by atoms with Crippen molar-refractivity contribution in [1.82, 2.24) is 10.2 Å². The zero-order valence-corrected chi connectivity index (χ0v) is 15.4.